The van der Waals surface area contributed by atoms with Gasteiger partial charge >= 0.3 is 0 Å². The zero-order valence-electron chi connectivity index (χ0n) is 10.3. The Balaban J connectivity index is 2.21. The highest BCUT2D eigenvalue weighted by molar-refractivity contribution is 5.78. The summed E-state index contributed by atoms with van der Waals surface area (Å²) in [5, 5.41) is 0. The predicted octanol–water partition coefficient (Wildman–Crippen LogP) is -0.486. The molecule has 1 saturated heterocycles. The predicted molar refractivity (Wildman–Crippen MR) is 63.2 cm³/mol. The molecule has 1 fully saturated rings. The van der Waals surface area contributed by atoms with Crippen LogP contribution in [0.25, 0.3) is 0 Å². The molecular weight excluding hydrogens is 206 g/mol. The summed E-state index contributed by atoms with van der Waals surface area (Å²) < 4.78 is 5.21. The summed E-state index contributed by atoms with van der Waals surface area (Å²) in [7, 11) is 1.96. The molecule has 1 rings (SSSR count). The van der Waals surface area contributed by atoms with Gasteiger partial charge in [0, 0.05) is 19.1 Å². The second-order valence-corrected chi connectivity index (χ2v) is 4.50. The van der Waals surface area contributed by atoms with Crippen LogP contribution < -0.4 is 5.73 Å². The van der Waals surface area contributed by atoms with E-state index in [-0.39, 0.29) is 11.9 Å². The Hall–Kier alpha value is -0.650. The number of rotatable bonds is 5. The van der Waals surface area contributed by atoms with Crippen LogP contribution in [0.15, 0.2) is 0 Å². The Morgan fingerprint density at radius 1 is 1.50 bits per heavy atom. The minimum atomic E-state index is 0.190. The molecule has 5 heteroatoms. The average Bonchev–Trinajstić information content (AvgIpc) is 2.27. The van der Waals surface area contributed by atoms with Crippen molar-refractivity contribution in [3.8, 4) is 0 Å². The molecule has 16 heavy (non-hydrogen) atoms. The summed E-state index contributed by atoms with van der Waals surface area (Å²) >= 11 is 0. The molecule has 0 aromatic carbocycles. The second-order valence-electron chi connectivity index (χ2n) is 4.50. The average molecular weight is 229 g/mol. The number of nitrogens with two attached hydrogens (primary N) is 1. The normalized spacial score (nSPS) is 18.9. The summed E-state index contributed by atoms with van der Waals surface area (Å²) in [4.78, 5) is 15.7. The molecule has 1 aliphatic rings. The Morgan fingerprint density at radius 3 is 2.69 bits per heavy atom. The molecule has 0 aromatic heterocycles. The lowest BCUT2D eigenvalue weighted by atomic mass is 10.2. The first-order valence-electron chi connectivity index (χ1n) is 5.89. The maximum Gasteiger partial charge on any atom is 0.236 e. The molecular formula is C11H23N3O2. The Kier molecular flexibility index (Phi) is 5.73. The highest BCUT2D eigenvalue weighted by Gasteiger charge is 2.17. The van der Waals surface area contributed by atoms with Crippen LogP contribution >= 0.6 is 0 Å². The van der Waals surface area contributed by atoms with E-state index in [1.54, 1.807) is 0 Å². The van der Waals surface area contributed by atoms with Gasteiger partial charge in [0.1, 0.15) is 0 Å². The van der Waals surface area contributed by atoms with Gasteiger partial charge in [0.05, 0.1) is 19.8 Å². The van der Waals surface area contributed by atoms with Gasteiger partial charge < -0.3 is 15.4 Å². The van der Waals surface area contributed by atoms with E-state index in [0.717, 1.165) is 26.1 Å². The van der Waals surface area contributed by atoms with Crippen molar-refractivity contribution in [3.63, 3.8) is 0 Å². The number of ether oxygens (including phenoxy) is 1. The number of carbonyl (C=O) groups excluding carboxylic acids is 1. The van der Waals surface area contributed by atoms with Gasteiger partial charge in [0.25, 0.3) is 0 Å². The summed E-state index contributed by atoms with van der Waals surface area (Å²) in [6, 6.07) is 0.195. The highest BCUT2D eigenvalue weighted by atomic mass is 16.5. The summed E-state index contributed by atoms with van der Waals surface area (Å²) in [5.41, 5.74) is 5.68. The number of amides is 1. The first-order valence-corrected chi connectivity index (χ1v) is 5.89. The van der Waals surface area contributed by atoms with Crippen LogP contribution in [-0.4, -0.2) is 68.2 Å². The van der Waals surface area contributed by atoms with E-state index in [2.05, 4.69) is 0 Å². The van der Waals surface area contributed by atoms with E-state index < -0.39 is 0 Å². The number of hydrogen-bond donors (Lipinski definition) is 1. The molecule has 1 unspecified atom stereocenters. The van der Waals surface area contributed by atoms with Gasteiger partial charge in [-0.05, 0) is 26.9 Å². The Morgan fingerprint density at radius 2 is 2.12 bits per heavy atom. The van der Waals surface area contributed by atoms with Crippen molar-refractivity contribution < 1.29 is 9.53 Å². The topological polar surface area (TPSA) is 58.8 Å². The third-order valence-electron chi connectivity index (χ3n) is 2.74. The SMILES string of the molecule is CC(N)CCN(C)CC(=O)N1CCOCC1. The number of morpholine rings is 1. The molecule has 0 aromatic rings. The van der Waals surface area contributed by atoms with Gasteiger partial charge in [0.15, 0.2) is 0 Å². The zero-order valence-corrected chi connectivity index (χ0v) is 10.3. The Labute approximate surface area is 97.5 Å². The fourth-order valence-corrected chi connectivity index (χ4v) is 1.65. The zero-order chi connectivity index (χ0) is 12.0. The van der Waals surface area contributed by atoms with Crippen molar-refractivity contribution in [3.05, 3.63) is 0 Å². The van der Waals surface area contributed by atoms with Gasteiger partial charge in [-0.2, -0.15) is 0 Å². The maximum absolute atomic E-state index is 11.9. The third kappa shape index (κ3) is 4.92. The summed E-state index contributed by atoms with van der Waals surface area (Å²) in [5.74, 6) is 0.190. The molecule has 0 spiro atoms. The van der Waals surface area contributed by atoms with E-state index in [1.807, 2.05) is 23.8 Å². The molecule has 1 aliphatic heterocycles. The molecule has 0 aliphatic carbocycles. The minimum absolute atomic E-state index is 0.190. The monoisotopic (exact) mass is 229 g/mol. The fraction of sp³-hybridized carbons (Fsp3) is 0.909. The lowest BCUT2D eigenvalue weighted by molar-refractivity contribution is -0.136. The van der Waals surface area contributed by atoms with Crippen LogP contribution in [-0.2, 0) is 9.53 Å². The minimum Gasteiger partial charge on any atom is -0.378 e. The number of nitrogens with zero attached hydrogens (tertiary/aromatic N) is 2. The number of hydrogen-bond acceptors (Lipinski definition) is 4. The lowest BCUT2D eigenvalue weighted by Crippen LogP contribution is -2.45. The fourth-order valence-electron chi connectivity index (χ4n) is 1.65. The summed E-state index contributed by atoms with van der Waals surface area (Å²) in [6.07, 6.45) is 0.924. The maximum atomic E-state index is 11.9. The summed E-state index contributed by atoms with van der Waals surface area (Å²) in [6.45, 7) is 6.10. The first-order chi connectivity index (χ1) is 7.59. The van der Waals surface area contributed by atoms with E-state index in [0.29, 0.717) is 19.8 Å². The van der Waals surface area contributed by atoms with Crippen molar-refractivity contribution in [1.29, 1.82) is 0 Å². The van der Waals surface area contributed by atoms with Crippen molar-refractivity contribution >= 4 is 5.91 Å². The molecule has 94 valence electrons. The Bertz CT molecular complexity index is 215. The van der Waals surface area contributed by atoms with Crippen molar-refractivity contribution in [2.24, 2.45) is 5.73 Å². The van der Waals surface area contributed by atoms with Crippen LogP contribution in [0, 0.1) is 0 Å². The van der Waals surface area contributed by atoms with Gasteiger partial charge in [-0.1, -0.05) is 0 Å². The molecule has 0 radical (unpaired) electrons. The molecule has 1 heterocycles. The second kappa shape index (κ2) is 6.83. The number of likely N-dealkylation sites (N-methyl/N-ethyl adjacent to an activating group) is 1. The molecule has 0 bridgehead atoms. The largest absolute Gasteiger partial charge is 0.378 e. The van der Waals surface area contributed by atoms with E-state index >= 15 is 0 Å². The van der Waals surface area contributed by atoms with Crippen LogP contribution in [0.1, 0.15) is 13.3 Å². The van der Waals surface area contributed by atoms with Crippen molar-refractivity contribution in [2.75, 3.05) is 46.4 Å². The van der Waals surface area contributed by atoms with Crippen molar-refractivity contribution in [1.82, 2.24) is 9.80 Å². The lowest BCUT2D eigenvalue weighted by Gasteiger charge is -2.28. The van der Waals surface area contributed by atoms with Gasteiger partial charge in [0.2, 0.25) is 5.91 Å². The van der Waals surface area contributed by atoms with Crippen LogP contribution in [0.5, 0.6) is 0 Å². The van der Waals surface area contributed by atoms with Gasteiger partial charge in [-0.3, -0.25) is 9.69 Å². The van der Waals surface area contributed by atoms with Crippen molar-refractivity contribution in [2.45, 2.75) is 19.4 Å². The quantitative estimate of drug-likeness (QED) is 0.691. The van der Waals surface area contributed by atoms with Gasteiger partial charge in [-0.25, -0.2) is 0 Å². The highest BCUT2D eigenvalue weighted by Crippen LogP contribution is 1.99. The standard InChI is InChI=1S/C11H23N3O2/c1-10(12)3-4-13(2)9-11(15)14-5-7-16-8-6-14/h10H,3-9,12H2,1-2H3. The molecule has 5 nitrogen and oxygen atoms in total. The molecule has 1 atom stereocenters. The molecule has 0 saturated carbocycles. The molecule has 1 amide bonds. The van der Waals surface area contributed by atoms with Crippen LogP contribution in [0.2, 0.25) is 0 Å². The van der Waals surface area contributed by atoms with E-state index in [9.17, 15) is 4.79 Å². The van der Waals surface area contributed by atoms with E-state index in [4.69, 9.17) is 10.5 Å². The smallest absolute Gasteiger partial charge is 0.236 e. The third-order valence-corrected chi connectivity index (χ3v) is 2.74. The van der Waals surface area contributed by atoms with Crippen LogP contribution in [0.3, 0.4) is 0 Å². The van der Waals surface area contributed by atoms with Crippen LogP contribution in [0.4, 0.5) is 0 Å². The number of carbonyl (C=O) groups is 1. The molecule has 2 N–H and O–H groups in total. The van der Waals surface area contributed by atoms with E-state index in [1.165, 1.54) is 0 Å². The van der Waals surface area contributed by atoms with Gasteiger partial charge in [-0.15, -0.1) is 0 Å². The first kappa shape index (κ1) is 13.4.